The third-order valence-electron chi connectivity index (χ3n) is 3.83. The van der Waals surface area contributed by atoms with Crippen LogP contribution in [-0.2, 0) is 11.0 Å². The van der Waals surface area contributed by atoms with Crippen molar-refractivity contribution in [2.24, 2.45) is 0 Å². The molecule has 0 amide bonds. The minimum atomic E-state index is -4.75. The second-order valence-corrected chi connectivity index (χ2v) is 5.79. The van der Waals surface area contributed by atoms with E-state index < -0.39 is 35.7 Å². The Labute approximate surface area is 146 Å². The fourth-order valence-corrected chi connectivity index (χ4v) is 3.03. The fourth-order valence-electron chi connectivity index (χ4n) is 2.71. The van der Waals surface area contributed by atoms with Crippen LogP contribution < -0.4 is 9.47 Å². The Morgan fingerprint density at radius 3 is 2.44 bits per heavy atom. The molecule has 0 unspecified atom stereocenters. The lowest BCUT2D eigenvalue weighted by Crippen LogP contribution is -2.40. The Morgan fingerprint density at radius 1 is 1.32 bits per heavy atom. The number of nitrogens with zero attached hydrogens (tertiary/aromatic N) is 1. The van der Waals surface area contributed by atoms with Gasteiger partial charge in [0.2, 0.25) is 0 Å². The molecule has 0 radical (unpaired) electrons. The van der Waals surface area contributed by atoms with Crippen molar-refractivity contribution in [1.82, 2.24) is 4.90 Å². The molecule has 2 rings (SSSR count). The molecule has 0 spiro atoms. The van der Waals surface area contributed by atoms with E-state index in [0.717, 1.165) is 18.1 Å². The summed E-state index contributed by atoms with van der Waals surface area (Å²) in [5, 5.41) is 9.17. The lowest BCUT2D eigenvalue weighted by molar-refractivity contribution is -0.141. The van der Waals surface area contributed by atoms with Crippen LogP contribution in [0.25, 0.3) is 0 Å². The number of carboxylic acid groups (broad SMARTS) is 1. The van der Waals surface area contributed by atoms with Crippen molar-refractivity contribution in [2.45, 2.75) is 24.8 Å². The first-order valence-electron chi connectivity index (χ1n) is 7.11. The number of ether oxygens (including phenoxy) is 2. The minimum absolute atomic E-state index is 0.0969. The highest BCUT2D eigenvalue weighted by Crippen LogP contribution is 2.43. The van der Waals surface area contributed by atoms with Gasteiger partial charge in [-0.15, -0.1) is 0 Å². The first-order chi connectivity index (χ1) is 11.6. The molecule has 10 heteroatoms. The number of carbonyl (C=O) groups is 1. The van der Waals surface area contributed by atoms with E-state index in [1.807, 2.05) is 0 Å². The molecular weight excluding hydrogens is 366 g/mol. The predicted octanol–water partition coefficient (Wildman–Crippen LogP) is 2.90. The molecule has 1 aromatic carbocycles. The maximum absolute atomic E-state index is 13.6. The molecule has 1 fully saturated rings. The number of aliphatic carboxylic acids is 1. The Morgan fingerprint density at radius 2 is 1.96 bits per heavy atom. The van der Waals surface area contributed by atoms with Crippen LogP contribution in [0.4, 0.5) is 17.6 Å². The third kappa shape index (κ3) is 3.78. The van der Waals surface area contributed by atoms with Gasteiger partial charge in [-0.25, -0.2) is 9.18 Å². The van der Waals surface area contributed by atoms with Crippen molar-refractivity contribution >= 4 is 23.2 Å². The topological polar surface area (TPSA) is 59.0 Å². The second-order valence-electron chi connectivity index (χ2n) is 5.40. The Kier molecular flexibility index (Phi) is 5.40. The van der Waals surface area contributed by atoms with E-state index in [2.05, 4.69) is 0 Å². The number of rotatable bonds is 4. The maximum atomic E-state index is 13.6. The highest BCUT2D eigenvalue weighted by atomic mass is 32.1. The van der Waals surface area contributed by atoms with Crippen molar-refractivity contribution in [3.63, 3.8) is 0 Å². The molecule has 5 nitrogen and oxygen atoms in total. The molecule has 0 aliphatic carbocycles. The summed E-state index contributed by atoms with van der Waals surface area (Å²) in [4.78, 5) is 12.1. The number of benzene rings is 1. The van der Waals surface area contributed by atoms with Crippen molar-refractivity contribution < 1.29 is 36.9 Å². The standard InChI is InChI=1S/C15H15F4NO4S/c1-23-11-4-7(3-9(12(11)24-2)15(17,18)19)13(25)20-6-8(16)5-10(20)14(21)22/h3-4,8,10H,5-6H2,1-2H3,(H,21,22)/t8-,10+/m0/s1. The molecule has 0 bridgehead atoms. The van der Waals surface area contributed by atoms with E-state index in [0.29, 0.717) is 0 Å². The minimum Gasteiger partial charge on any atom is -0.493 e. The number of halogens is 4. The number of hydrogen-bond acceptors (Lipinski definition) is 4. The summed E-state index contributed by atoms with van der Waals surface area (Å²) >= 11 is 5.13. The zero-order valence-corrected chi connectivity index (χ0v) is 14.1. The largest absolute Gasteiger partial charge is 0.493 e. The molecule has 1 N–H and O–H groups in total. The first-order valence-corrected chi connectivity index (χ1v) is 7.52. The third-order valence-corrected chi connectivity index (χ3v) is 4.30. The van der Waals surface area contributed by atoms with Crippen LogP contribution in [-0.4, -0.2) is 53.9 Å². The van der Waals surface area contributed by atoms with Gasteiger partial charge in [-0.2, -0.15) is 13.2 Å². The maximum Gasteiger partial charge on any atom is 0.420 e. The van der Waals surface area contributed by atoms with Gasteiger partial charge in [0.25, 0.3) is 0 Å². The van der Waals surface area contributed by atoms with Gasteiger partial charge in [-0.3, -0.25) is 0 Å². The Hall–Kier alpha value is -2.10. The summed E-state index contributed by atoms with van der Waals surface area (Å²) in [7, 11) is 2.23. The predicted molar refractivity (Wildman–Crippen MR) is 83.9 cm³/mol. The Bertz CT molecular complexity index is 695. The van der Waals surface area contributed by atoms with Crippen LogP contribution in [0.2, 0.25) is 0 Å². The number of hydrogen-bond donors (Lipinski definition) is 1. The van der Waals surface area contributed by atoms with E-state index in [9.17, 15) is 27.5 Å². The summed E-state index contributed by atoms with van der Waals surface area (Å²) in [6.45, 7) is -0.300. The quantitative estimate of drug-likeness (QED) is 0.639. The van der Waals surface area contributed by atoms with Gasteiger partial charge in [-0.1, -0.05) is 12.2 Å². The molecule has 138 valence electrons. The average Bonchev–Trinajstić information content (AvgIpc) is 2.94. The molecule has 25 heavy (non-hydrogen) atoms. The van der Waals surface area contributed by atoms with Crippen LogP contribution >= 0.6 is 12.2 Å². The average molecular weight is 381 g/mol. The number of carboxylic acids is 1. The first kappa shape index (κ1) is 19.2. The van der Waals surface area contributed by atoms with Gasteiger partial charge in [0.15, 0.2) is 11.5 Å². The van der Waals surface area contributed by atoms with Crippen molar-refractivity contribution in [3.8, 4) is 11.5 Å². The summed E-state index contributed by atoms with van der Waals surface area (Å²) < 4.78 is 63.2. The van der Waals surface area contributed by atoms with Crippen LogP contribution in [0, 0.1) is 0 Å². The second kappa shape index (κ2) is 7.03. The number of thiocarbonyl (C=S) groups is 1. The smallest absolute Gasteiger partial charge is 0.420 e. The van der Waals surface area contributed by atoms with Crippen LogP contribution in [0.15, 0.2) is 12.1 Å². The molecular formula is C15H15F4NO4S. The molecule has 1 aliphatic rings. The highest BCUT2D eigenvalue weighted by Gasteiger charge is 2.40. The van der Waals surface area contributed by atoms with Gasteiger partial charge >= 0.3 is 12.1 Å². The molecule has 2 atom stereocenters. The monoisotopic (exact) mass is 381 g/mol. The van der Waals surface area contributed by atoms with Crippen molar-refractivity contribution in [3.05, 3.63) is 23.3 Å². The zero-order chi connectivity index (χ0) is 18.9. The van der Waals surface area contributed by atoms with Crippen LogP contribution in [0.1, 0.15) is 17.5 Å². The van der Waals surface area contributed by atoms with Crippen LogP contribution in [0.5, 0.6) is 11.5 Å². The van der Waals surface area contributed by atoms with E-state index in [4.69, 9.17) is 21.7 Å². The highest BCUT2D eigenvalue weighted by molar-refractivity contribution is 7.80. The molecule has 0 aromatic heterocycles. The van der Waals surface area contributed by atoms with Gasteiger partial charge in [0.1, 0.15) is 22.8 Å². The van der Waals surface area contributed by atoms with Gasteiger partial charge in [0, 0.05) is 12.0 Å². The van der Waals surface area contributed by atoms with Gasteiger partial charge in [0.05, 0.1) is 20.8 Å². The van der Waals surface area contributed by atoms with Gasteiger partial charge < -0.3 is 19.5 Å². The fraction of sp³-hybridized carbons (Fsp3) is 0.467. The molecule has 1 heterocycles. The van der Waals surface area contributed by atoms with E-state index in [1.165, 1.54) is 13.2 Å². The number of alkyl halides is 4. The number of methoxy groups -OCH3 is 2. The van der Waals surface area contributed by atoms with E-state index in [1.54, 1.807) is 0 Å². The van der Waals surface area contributed by atoms with E-state index >= 15 is 0 Å². The van der Waals surface area contributed by atoms with E-state index in [-0.39, 0.29) is 29.3 Å². The molecule has 1 aromatic rings. The SMILES string of the molecule is COc1cc(C(=S)N2C[C@@H](F)C[C@@H]2C(=O)O)cc(C(F)(F)F)c1OC. The van der Waals surface area contributed by atoms with Crippen molar-refractivity contribution in [1.29, 1.82) is 0 Å². The lowest BCUT2D eigenvalue weighted by Gasteiger charge is -2.25. The molecule has 1 aliphatic heterocycles. The summed E-state index contributed by atoms with van der Waals surface area (Å²) in [5.74, 6) is -2.02. The summed E-state index contributed by atoms with van der Waals surface area (Å²) in [6, 6.07) is 0.722. The van der Waals surface area contributed by atoms with Crippen LogP contribution in [0.3, 0.4) is 0 Å². The lowest BCUT2D eigenvalue weighted by atomic mass is 10.1. The molecule has 1 saturated heterocycles. The van der Waals surface area contributed by atoms with Crippen molar-refractivity contribution in [2.75, 3.05) is 20.8 Å². The Balaban J connectivity index is 2.51. The normalized spacial score (nSPS) is 20.5. The summed E-state index contributed by atoms with van der Waals surface area (Å²) in [6.07, 6.45) is -6.46. The number of likely N-dealkylation sites (tertiary alicyclic amines) is 1. The van der Waals surface area contributed by atoms with Gasteiger partial charge in [-0.05, 0) is 12.1 Å². The molecule has 0 saturated carbocycles. The summed E-state index contributed by atoms with van der Waals surface area (Å²) in [5.41, 5.74) is -1.21. The zero-order valence-electron chi connectivity index (χ0n) is 13.3.